The number of aromatic nitrogens is 2. The highest BCUT2D eigenvalue weighted by atomic mass is 79.9. The van der Waals surface area contributed by atoms with Crippen LogP contribution in [0.2, 0.25) is 0 Å². The highest BCUT2D eigenvalue weighted by Gasteiger charge is 2.15. The maximum absolute atomic E-state index is 12.7. The monoisotopic (exact) mass is 384 g/mol. The minimum Gasteiger partial charge on any atom is -0.292 e. The molecule has 24 heavy (non-hydrogen) atoms. The lowest BCUT2D eigenvalue weighted by atomic mass is 9.96. The van der Waals surface area contributed by atoms with Crippen molar-refractivity contribution in [3.05, 3.63) is 73.7 Å². The van der Waals surface area contributed by atoms with Crippen molar-refractivity contribution >= 4 is 32.6 Å². The summed E-state index contributed by atoms with van der Waals surface area (Å²) in [7, 11) is 0. The van der Waals surface area contributed by atoms with Crippen molar-refractivity contribution in [2.75, 3.05) is 0 Å². The van der Waals surface area contributed by atoms with E-state index in [1.165, 1.54) is 10.9 Å². The van der Waals surface area contributed by atoms with Crippen LogP contribution < -0.4 is 5.56 Å². The Kier molecular flexibility index (Phi) is 4.37. The van der Waals surface area contributed by atoms with Gasteiger partial charge in [0.05, 0.1) is 23.8 Å². The number of hydrogen-bond acceptors (Lipinski definition) is 3. The van der Waals surface area contributed by atoms with Crippen molar-refractivity contribution in [3.63, 3.8) is 0 Å². The van der Waals surface area contributed by atoms with E-state index in [0.29, 0.717) is 16.5 Å². The predicted octanol–water partition coefficient (Wildman–Crippen LogP) is 3.97. The van der Waals surface area contributed by atoms with Crippen molar-refractivity contribution in [2.45, 2.75) is 27.3 Å². The maximum Gasteiger partial charge on any atom is 0.261 e. The van der Waals surface area contributed by atoms with Crippen molar-refractivity contribution in [2.24, 2.45) is 0 Å². The van der Waals surface area contributed by atoms with E-state index < -0.39 is 0 Å². The number of rotatable bonds is 3. The number of nitrogens with zero attached hydrogens (tertiary/aromatic N) is 2. The van der Waals surface area contributed by atoms with E-state index in [0.717, 1.165) is 21.2 Å². The Morgan fingerprint density at radius 1 is 1.12 bits per heavy atom. The number of aryl methyl sites for hydroxylation is 3. The van der Waals surface area contributed by atoms with E-state index in [1.807, 2.05) is 39.0 Å². The van der Waals surface area contributed by atoms with Gasteiger partial charge in [0.1, 0.15) is 0 Å². The van der Waals surface area contributed by atoms with Crippen LogP contribution in [0.25, 0.3) is 10.9 Å². The Morgan fingerprint density at radius 3 is 2.46 bits per heavy atom. The molecule has 0 radical (unpaired) electrons. The van der Waals surface area contributed by atoms with Crippen LogP contribution in [-0.4, -0.2) is 15.3 Å². The first-order valence-corrected chi connectivity index (χ1v) is 8.42. The second-order valence-electron chi connectivity index (χ2n) is 6.04. The van der Waals surface area contributed by atoms with Gasteiger partial charge >= 0.3 is 0 Å². The van der Waals surface area contributed by atoms with Crippen LogP contribution >= 0.6 is 15.9 Å². The molecule has 3 rings (SSSR count). The van der Waals surface area contributed by atoms with Gasteiger partial charge in [-0.15, -0.1) is 0 Å². The lowest BCUT2D eigenvalue weighted by Crippen LogP contribution is -2.25. The van der Waals surface area contributed by atoms with Crippen LogP contribution in [0.4, 0.5) is 0 Å². The molecule has 0 aliphatic carbocycles. The minimum atomic E-state index is -0.211. The van der Waals surface area contributed by atoms with Crippen LogP contribution in [0.3, 0.4) is 0 Å². The fourth-order valence-corrected chi connectivity index (χ4v) is 3.46. The van der Waals surface area contributed by atoms with Gasteiger partial charge in [-0.3, -0.25) is 14.2 Å². The molecular weight excluding hydrogens is 368 g/mol. The van der Waals surface area contributed by atoms with Crippen molar-refractivity contribution in [1.82, 2.24) is 9.55 Å². The summed E-state index contributed by atoms with van der Waals surface area (Å²) in [5.74, 6) is -0.0803. The van der Waals surface area contributed by atoms with Gasteiger partial charge in [-0.1, -0.05) is 33.6 Å². The molecule has 5 heteroatoms. The SMILES string of the molecule is Cc1cc(C)c(C(=O)Cn2cnc3ccc(Br)cc3c2=O)c(C)c1. The van der Waals surface area contributed by atoms with Gasteiger partial charge < -0.3 is 0 Å². The molecule has 0 saturated carbocycles. The number of hydrogen-bond donors (Lipinski definition) is 0. The molecule has 0 bridgehead atoms. The molecule has 0 fully saturated rings. The largest absolute Gasteiger partial charge is 0.292 e. The predicted molar refractivity (Wildman–Crippen MR) is 98.7 cm³/mol. The highest BCUT2D eigenvalue weighted by molar-refractivity contribution is 9.10. The summed E-state index contributed by atoms with van der Waals surface area (Å²) in [5, 5.41) is 0.497. The normalized spacial score (nSPS) is 11.0. The fraction of sp³-hybridized carbons (Fsp3) is 0.211. The van der Waals surface area contributed by atoms with Crippen LogP contribution in [0.15, 0.2) is 45.9 Å². The first kappa shape index (κ1) is 16.6. The van der Waals surface area contributed by atoms with Gasteiger partial charge in [0.25, 0.3) is 5.56 Å². The maximum atomic E-state index is 12.7. The number of benzene rings is 2. The third-order valence-electron chi connectivity index (χ3n) is 4.06. The smallest absolute Gasteiger partial charge is 0.261 e. The average Bonchev–Trinajstić information content (AvgIpc) is 2.49. The lowest BCUT2D eigenvalue weighted by molar-refractivity contribution is 0.0969. The van der Waals surface area contributed by atoms with Gasteiger partial charge in [0.15, 0.2) is 5.78 Å². The zero-order chi connectivity index (χ0) is 17.4. The number of carbonyl (C=O) groups excluding carboxylic acids is 1. The first-order valence-electron chi connectivity index (χ1n) is 7.62. The summed E-state index contributed by atoms with van der Waals surface area (Å²) in [6, 6.07) is 9.32. The number of Topliss-reactive ketones (excluding diaryl/α,β-unsaturated/α-hetero) is 1. The van der Waals surface area contributed by atoms with Crippen LogP contribution in [0, 0.1) is 20.8 Å². The molecule has 3 aromatic rings. The number of carbonyl (C=O) groups is 1. The third kappa shape index (κ3) is 3.04. The van der Waals surface area contributed by atoms with Crippen LogP contribution in [0.5, 0.6) is 0 Å². The molecule has 1 heterocycles. The Labute approximate surface area is 148 Å². The molecule has 0 aliphatic rings. The summed E-state index contributed by atoms with van der Waals surface area (Å²) in [4.78, 5) is 29.6. The summed E-state index contributed by atoms with van der Waals surface area (Å²) in [5.41, 5.74) is 4.08. The molecule has 0 amide bonds. The summed E-state index contributed by atoms with van der Waals surface area (Å²) < 4.78 is 2.18. The quantitative estimate of drug-likeness (QED) is 0.642. The topological polar surface area (TPSA) is 52.0 Å². The first-order chi connectivity index (χ1) is 11.4. The van der Waals surface area contributed by atoms with Crippen LogP contribution in [0.1, 0.15) is 27.0 Å². The van der Waals surface area contributed by atoms with E-state index in [1.54, 1.807) is 12.1 Å². The Hall–Kier alpha value is -2.27. The lowest BCUT2D eigenvalue weighted by Gasteiger charge is -2.11. The van der Waals surface area contributed by atoms with Crippen LogP contribution in [-0.2, 0) is 6.54 Å². The second kappa shape index (κ2) is 6.32. The van der Waals surface area contributed by atoms with E-state index in [9.17, 15) is 9.59 Å². The molecule has 0 spiro atoms. The van der Waals surface area contributed by atoms with Gasteiger partial charge in [-0.05, 0) is 50.1 Å². The summed E-state index contributed by atoms with van der Waals surface area (Å²) in [6.45, 7) is 5.83. The Morgan fingerprint density at radius 2 is 1.79 bits per heavy atom. The number of fused-ring (bicyclic) bond motifs is 1. The van der Waals surface area contributed by atoms with Crippen molar-refractivity contribution in [1.29, 1.82) is 0 Å². The standard InChI is InChI=1S/C19H17BrN2O2/c1-11-6-12(2)18(13(3)7-11)17(23)9-22-10-21-16-5-4-14(20)8-15(16)19(22)24/h4-8,10H,9H2,1-3H3. The van der Waals surface area contributed by atoms with Gasteiger partial charge in [-0.2, -0.15) is 0 Å². The molecule has 0 N–H and O–H groups in total. The molecule has 0 unspecified atom stereocenters. The Bertz CT molecular complexity index is 999. The molecule has 2 aromatic carbocycles. The Balaban J connectivity index is 2.03. The molecule has 0 aliphatic heterocycles. The molecule has 0 atom stereocenters. The molecule has 122 valence electrons. The molecule has 4 nitrogen and oxygen atoms in total. The van der Waals surface area contributed by atoms with E-state index in [-0.39, 0.29) is 17.9 Å². The molecular formula is C19H17BrN2O2. The van der Waals surface area contributed by atoms with E-state index in [4.69, 9.17) is 0 Å². The molecule has 0 saturated heterocycles. The third-order valence-corrected chi connectivity index (χ3v) is 4.55. The summed E-state index contributed by atoms with van der Waals surface area (Å²) >= 11 is 3.36. The zero-order valence-corrected chi connectivity index (χ0v) is 15.3. The number of ketones is 1. The van der Waals surface area contributed by atoms with Gasteiger partial charge in [-0.25, -0.2) is 4.98 Å². The zero-order valence-electron chi connectivity index (χ0n) is 13.8. The minimum absolute atomic E-state index is 0.0149. The highest BCUT2D eigenvalue weighted by Crippen LogP contribution is 2.18. The second-order valence-corrected chi connectivity index (χ2v) is 6.95. The van der Waals surface area contributed by atoms with Gasteiger partial charge in [0.2, 0.25) is 0 Å². The fourth-order valence-electron chi connectivity index (χ4n) is 3.10. The van der Waals surface area contributed by atoms with Crippen molar-refractivity contribution in [3.8, 4) is 0 Å². The summed E-state index contributed by atoms with van der Waals surface area (Å²) in [6.07, 6.45) is 1.44. The number of halogens is 1. The average molecular weight is 385 g/mol. The van der Waals surface area contributed by atoms with E-state index >= 15 is 0 Å². The van der Waals surface area contributed by atoms with Crippen molar-refractivity contribution < 1.29 is 4.79 Å². The molecule has 1 aromatic heterocycles. The van der Waals surface area contributed by atoms with Gasteiger partial charge in [0, 0.05) is 10.0 Å². The van der Waals surface area contributed by atoms with E-state index in [2.05, 4.69) is 20.9 Å².